The number of aryl methyl sites for hydroxylation is 2. The predicted octanol–water partition coefficient (Wildman–Crippen LogP) is 2.85. The first kappa shape index (κ1) is 20.3. The number of nitrogens with one attached hydrogen (secondary N) is 1. The Bertz CT molecular complexity index is 1190. The summed E-state index contributed by atoms with van der Waals surface area (Å²) < 4.78 is 25.8. The number of hydrogen-bond donors (Lipinski definition) is 1. The van der Waals surface area contributed by atoms with Crippen molar-refractivity contribution < 1.29 is 13.2 Å². The van der Waals surface area contributed by atoms with Crippen LogP contribution in [0.3, 0.4) is 0 Å². The van der Waals surface area contributed by atoms with Crippen LogP contribution in [0.15, 0.2) is 48.8 Å². The molecule has 4 rings (SSSR count). The van der Waals surface area contributed by atoms with Gasteiger partial charge < -0.3 is 5.32 Å². The van der Waals surface area contributed by atoms with Crippen molar-refractivity contribution in [3.05, 3.63) is 71.2 Å². The number of nitrogens with zero attached hydrogens (tertiary/aromatic N) is 3. The van der Waals surface area contributed by atoms with Gasteiger partial charge in [-0.25, -0.2) is 8.42 Å². The van der Waals surface area contributed by atoms with Crippen LogP contribution in [0.4, 0.5) is 0 Å². The van der Waals surface area contributed by atoms with Gasteiger partial charge in [-0.15, -0.1) is 0 Å². The highest BCUT2D eigenvalue weighted by Gasteiger charge is 2.32. The lowest BCUT2D eigenvalue weighted by Crippen LogP contribution is -2.24. The Morgan fingerprint density at radius 3 is 2.70 bits per heavy atom. The molecule has 0 aliphatic carbocycles. The molecule has 1 amide bonds. The highest BCUT2D eigenvalue weighted by atomic mass is 32.2. The Morgan fingerprint density at radius 2 is 2.03 bits per heavy atom. The smallest absolute Gasteiger partial charge is 0.272 e. The summed E-state index contributed by atoms with van der Waals surface area (Å²) in [5, 5.41) is 7.38. The molecule has 1 aromatic carbocycles. The SMILES string of the molecule is Cc1ccc(-c2cc(C(=O)NCc3cccnc3)nn2[C@@H]2CCS(=O)(=O)C2)cc1C. The number of carbonyl (C=O) groups excluding carboxylic acids is 1. The van der Waals surface area contributed by atoms with Crippen LogP contribution < -0.4 is 5.32 Å². The van der Waals surface area contributed by atoms with E-state index in [0.717, 1.165) is 22.4 Å². The first-order valence-corrected chi connectivity index (χ1v) is 11.7. The maximum Gasteiger partial charge on any atom is 0.272 e. The molecule has 0 spiro atoms. The van der Waals surface area contributed by atoms with Crippen LogP contribution in [-0.2, 0) is 16.4 Å². The Morgan fingerprint density at radius 1 is 1.20 bits per heavy atom. The van der Waals surface area contributed by atoms with Gasteiger partial charge in [-0.05, 0) is 55.2 Å². The Hall–Kier alpha value is -3.00. The van der Waals surface area contributed by atoms with Crippen LogP contribution in [-0.4, -0.2) is 40.6 Å². The number of pyridine rings is 1. The highest BCUT2D eigenvalue weighted by molar-refractivity contribution is 7.91. The van der Waals surface area contributed by atoms with Crippen molar-refractivity contribution >= 4 is 15.7 Å². The van der Waals surface area contributed by atoms with Gasteiger partial charge >= 0.3 is 0 Å². The molecule has 0 radical (unpaired) electrons. The molecule has 1 aliphatic rings. The third-order valence-corrected chi connectivity index (χ3v) is 7.25. The lowest BCUT2D eigenvalue weighted by Gasteiger charge is -2.14. The van der Waals surface area contributed by atoms with Gasteiger partial charge in [0, 0.05) is 24.5 Å². The second-order valence-electron chi connectivity index (χ2n) is 7.76. The van der Waals surface area contributed by atoms with Gasteiger partial charge in [0.15, 0.2) is 15.5 Å². The summed E-state index contributed by atoms with van der Waals surface area (Å²) in [6.07, 6.45) is 3.87. The van der Waals surface area contributed by atoms with Crippen molar-refractivity contribution in [2.45, 2.75) is 32.9 Å². The first-order valence-electron chi connectivity index (χ1n) is 9.87. The van der Waals surface area contributed by atoms with Crippen molar-refractivity contribution in [1.29, 1.82) is 0 Å². The van der Waals surface area contributed by atoms with E-state index >= 15 is 0 Å². The summed E-state index contributed by atoms with van der Waals surface area (Å²) in [6.45, 7) is 4.41. The minimum atomic E-state index is -3.08. The molecule has 1 atom stereocenters. The quantitative estimate of drug-likeness (QED) is 0.680. The number of rotatable bonds is 5. The molecule has 0 bridgehead atoms. The standard InChI is InChI=1S/C22H24N4O3S/c1-15-5-6-18(10-16(15)2)21-11-20(22(27)24-13-17-4-3-8-23-12-17)25-26(21)19-7-9-30(28,29)14-19/h3-6,8,10-12,19H,7,9,13-14H2,1-2H3,(H,24,27)/t19-/m1/s1. The van der Waals surface area contributed by atoms with Gasteiger partial charge in [0.05, 0.1) is 23.2 Å². The number of amides is 1. The minimum absolute atomic E-state index is 0.0449. The zero-order valence-electron chi connectivity index (χ0n) is 17.0. The molecule has 1 saturated heterocycles. The molecular weight excluding hydrogens is 400 g/mol. The molecule has 3 heterocycles. The molecular formula is C22H24N4O3S. The fourth-order valence-electron chi connectivity index (χ4n) is 3.64. The monoisotopic (exact) mass is 424 g/mol. The second-order valence-corrected chi connectivity index (χ2v) is 9.99. The maximum absolute atomic E-state index is 12.8. The Labute approximate surface area is 176 Å². The van der Waals surface area contributed by atoms with E-state index in [-0.39, 0.29) is 29.1 Å². The molecule has 156 valence electrons. The summed E-state index contributed by atoms with van der Waals surface area (Å²) >= 11 is 0. The summed E-state index contributed by atoms with van der Waals surface area (Å²) in [6, 6.07) is 11.2. The topological polar surface area (TPSA) is 93.9 Å². The fourth-order valence-corrected chi connectivity index (χ4v) is 5.34. The second kappa shape index (κ2) is 8.02. The number of sulfone groups is 1. The van der Waals surface area contributed by atoms with E-state index in [1.165, 1.54) is 5.56 Å². The zero-order valence-corrected chi connectivity index (χ0v) is 17.8. The number of aromatic nitrogens is 3. The summed E-state index contributed by atoms with van der Waals surface area (Å²) in [5.41, 5.74) is 5.13. The third kappa shape index (κ3) is 4.28. The van der Waals surface area contributed by atoms with Gasteiger partial charge in [-0.1, -0.05) is 18.2 Å². The predicted molar refractivity (Wildman–Crippen MR) is 115 cm³/mol. The molecule has 0 unspecified atom stereocenters. The number of benzene rings is 1. The van der Waals surface area contributed by atoms with Crippen LogP contribution in [0.25, 0.3) is 11.3 Å². The fraction of sp³-hybridized carbons (Fsp3) is 0.318. The summed E-state index contributed by atoms with van der Waals surface area (Å²) in [4.78, 5) is 16.8. The number of carbonyl (C=O) groups is 1. The van der Waals surface area contributed by atoms with Crippen molar-refractivity contribution in [1.82, 2.24) is 20.1 Å². The molecule has 30 heavy (non-hydrogen) atoms. The number of hydrogen-bond acceptors (Lipinski definition) is 5. The van der Waals surface area contributed by atoms with E-state index in [4.69, 9.17) is 0 Å². The van der Waals surface area contributed by atoms with E-state index in [1.54, 1.807) is 23.1 Å². The van der Waals surface area contributed by atoms with Crippen molar-refractivity contribution in [3.8, 4) is 11.3 Å². The molecule has 8 heteroatoms. The van der Waals surface area contributed by atoms with Gasteiger partial charge in [0.25, 0.3) is 5.91 Å². The zero-order chi connectivity index (χ0) is 21.3. The Balaban J connectivity index is 1.66. The van der Waals surface area contributed by atoms with Gasteiger partial charge in [-0.2, -0.15) is 5.10 Å². The van der Waals surface area contributed by atoms with Crippen LogP contribution in [0.5, 0.6) is 0 Å². The average molecular weight is 425 g/mol. The average Bonchev–Trinajstić information content (AvgIpc) is 3.32. The van der Waals surface area contributed by atoms with E-state index < -0.39 is 9.84 Å². The van der Waals surface area contributed by atoms with Gasteiger partial charge in [-0.3, -0.25) is 14.5 Å². The van der Waals surface area contributed by atoms with E-state index in [2.05, 4.69) is 15.4 Å². The van der Waals surface area contributed by atoms with Gasteiger partial charge in [0.1, 0.15) is 0 Å². The van der Waals surface area contributed by atoms with Crippen LogP contribution in [0.2, 0.25) is 0 Å². The van der Waals surface area contributed by atoms with E-state index in [0.29, 0.717) is 13.0 Å². The van der Waals surface area contributed by atoms with Crippen molar-refractivity contribution in [3.63, 3.8) is 0 Å². The molecule has 1 N–H and O–H groups in total. The first-order chi connectivity index (χ1) is 14.3. The molecule has 3 aromatic rings. The largest absolute Gasteiger partial charge is 0.347 e. The molecule has 0 saturated carbocycles. The Kier molecular flexibility index (Phi) is 5.42. The maximum atomic E-state index is 12.8. The molecule has 1 fully saturated rings. The molecule has 1 aliphatic heterocycles. The van der Waals surface area contributed by atoms with Crippen LogP contribution >= 0.6 is 0 Å². The van der Waals surface area contributed by atoms with E-state index in [9.17, 15) is 13.2 Å². The van der Waals surface area contributed by atoms with Crippen LogP contribution in [0.1, 0.15) is 39.6 Å². The third-order valence-electron chi connectivity index (χ3n) is 5.50. The normalized spacial score (nSPS) is 17.7. The highest BCUT2D eigenvalue weighted by Crippen LogP contribution is 2.31. The summed E-state index contributed by atoms with van der Waals surface area (Å²) in [7, 11) is -3.08. The molecule has 2 aromatic heterocycles. The van der Waals surface area contributed by atoms with Gasteiger partial charge in [0.2, 0.25) is 0 Å². The minimum Gasteiger partial charge on any atom is -0.347 e. The lowest BCUT2D eigenvalue weighted by atomic mass is 10.0. The lowest BCUT2D eigenvalue weighted by molar-refractivity contribution is 0.0945. The van der Waals surface area contributed by atoms with Crippen molar-refractivity contribution in [2.24, 2.45) is 0 Å². The van der Waals surface area contributed by atoms with Crippen LogP contribution in [0, 0.1) is 13.8 Å². The van der Waals surface area contributed by atoms with E-state index in [1.807, 2.05) is 44.2 Å². The summed E-state index contributed by atoms with van der Waals surface area (Å²) in [5.74, 6) is -0.112. The van der Waals surface area contributed by atoms with Crippen molar-refractivity contribution in [2.75, 3.05) is 11.5 Å². The molecule has 7 nitrogen and oxygen atoms in total.